The van der Waals surface area contributed by atoms with Gasteiger partial charge < -0.3 is 20.4 Å². The van der Waals surface area contributed by atoms with Crippen molar-refractivity contribution in [1.29, 1.82) is 0 Å². The maximum Gasteiger partial charge on any atom is 0.261 e. The van der Waals surface area contributed by atoms with Crippen LogP contribution in [0.2, 0.25) is 10.0 Å². The van der Waals surface area contributed by atoms with Gasteiger partial charge in [-0.15, -0.1) is 0 Å². The number of ether oxygens (including phenoxy) is 1. The summed E-state index contributed by atoms with van der Waals surface area (Å²) in [5, 5.41) is 6.67. The summed E-state index contributed by atoms with van der Waals surface area (Å²) in [6.07, 6.45) is 1.48. The van der Waals surface area contributed by atoms with E-state index in [0.29, 0.717) is 21.8 Å². The number of aromatic amines is 1. The van der Waals surface area contributed by atoms with Crippen molar-refractivity contribution in [2.24, 2.45) is 0 Å². The average molecular weight is 497 g/mol. The summed E-state index contributed by atoms with van der Waals surface area (Å²) in [7, 11) is 1.46. The molecule has 34 heavy (non-hydrogen) atoms. The summed E-state index contributed by atoms with van der Waals surface area (Å²) < 4.78 is 5.04. The standard InChI is InChI=1S/C24H18Cl2N4O4/c1-34-21-10-19-15(12-27-21)8-16(23(32)29-19)24(33)30-20-9-13(6-7-18(20)26)22(31)28-11-14-4-2-3-5-17(14)25/h2-10,12H,11H2,1H3,(H,28,31)(H,29,32)(H,30,33). The quantitative estimate of drug-likeness (QED) is 0.365. The first-order valence-corrected chi connectivity index (χ1v) is 10.8. The van der Waals surface area contributed by atoms with Crippen LogP contribution in [0.25, 0.3) is 10.9 Å². The minimum absolute atomic E-state index is 0.135. The Kier molecular flexibility index (Phi) is 6.81. The minimum Gasteiger partial charge on any atom is -0.481 e. The van der Waals surface area contributed by atoms with Crippen LogP contribution >= 0.6 is 23.2 Å². The first-order valence-electron chi connectivity index (χ1n) is 10.1. The SMILES string of the molecule is COc1cc2[nH]c(=O)c(C(=O)Nc3cc(C(=O)NCc4ccccc4Cl)ccc3Cl)cc2cn1. The van der Waals surface area contributed by atoms with Crippen LogP contribution in [0.5, 0.6) is 5.88 Å². The molecule has 0 atom stereocenters. The van der Waals surface area contributed by atoms with Crippen LogP contribution in [0, 0.1) is 0 Å². The van der Waals surface area contributed by atoms with E-state index in [-0.39, 0.29) is 34.3 Å². The smallest absolute Gasteiger partial charge is 0.261 e. The van der Waals surface area contributed by atoms with Gasteiger partial charge in [-0.3, -0.25) is 14.4 Å². The number of halogens is 2. The summed E-state index contributed by atoms with van der Waals surface area (Å²) in [6.45, 7) is 0.230. The number of methoxy groups -OCH3 is 1. The number of amides is 2. The topological polar surface area (TPSA) is 113 Å². The van der Waals surface area contributed by atoms with Crippen LogP contribution in [0.15, 0.2) is 65.6 Å². The average Bonchev–Trinajstić information content (AvgIpc) is 2.83. The second kappa shape index (κ2) is 9.94. The van der Waals surface area contributed by atoms with Crippen molar-refractivity contribution in [3.63, 3.8) is 0 Å². The van der Waals surface area contributed by atoms with E-state index in [2.05, 4.69) is 20.6 Å². The lowest BCUT2D eigenvalue weighted by atomic mass is 10.1. The number of H-pyrrole nitrogens is 1. The molecule has 0 aliphatic heterocycles. The second-order valence-corrected chi connectivity index (χ2v) is 8.06. The molecule has 10 heteroatoms. The number of anilines is 1. The Balaban J connectivity index is 1.53. The lowest BCUT2D eigenvalue weighted by molar-refractivity contribution is 0.0949. The maximum absolute atomic E-state index is 12.8. The summed E-state index contributed by atoms with van der Waals surface area (Å²) in [5.74, 6) is -0.734. The van der Waals surface area contributed by atoms with Crippen LogP contribution in [-0.4, -0.2) is 28.9 Å². The van der Waals surface area contributed by atoms with Gasteiger partial charge in [0.25, 0.3) is 17.4 Å². The number of fused-ring (bicyclic) bond motifs is 1. The predicted octanol–water partition coefficient (Wildman–Crippen LogP) is 4.42. The first-order chi connectivity index (χ1) is 16.4. The molecule has 0 aliphatic carbocycles. The van der Waals surface area contributed by atoms with Crippen LogP contribution in [0.3, 0.4) is 0 Å². The van der Waals surface area contributed by atoms with E-state index in [1.807, 2.05) is 12.1 Å². The Morgan fingerprint density at radius 2 is 1.82 bits per heavy atom. The number of benzene rings is 2. The molecule has 0 radical (unpaired) electrons. The van der Waals surface area contributed by atoms with Gasteiger partial charge in [-0.2, -0.15) is 0 Å². The molecule has 0 unspecified atom stereocenters. The second-order valence-electron chi connectivity index (χ2n) is 7.25. The fraction of sp³-hybridized carbons (Fsp3) is 0.0833. The molecular weight excluding hydrogens is 479 g/mol. The molecule has 0 fully saturated rings. The molecule has 4 aromatic rings. The molecule has 0 aliphatic rings. The number of pyridine rings is 2. The Bertz CT molecular complexity index is 1470. The molecule has 4 rings (SSSR count). The monoisotopic (exact) mass is 496 g/mol. The molecule has 2 amide bonds. The Labute approximate surface area is 203 Å². The van der Waals surface area contributed by atoms with E-state index < -0.39 is 11.5 Å². The number of rotatable bonds is 6. The fourth-order valence-electron chi connectivity index (χ4n) is 3.23. The summed E-state index contributed by atoms with van der Waals surface area (Å²) in [6, 6.07) is 14.6. The van der Waals surface area contributed by atoms with E-state index in [0.717, 1.165) is 5.56 Å². The van der Waals surface area contributed by atoms with Crippen LogP contribution in [-0.2, 0) is 6.54 Å². The summed E-state index contributed by atoms with van der Waals surface area (Å²) >= 11 is 12.3. The van der Waals surface area contributed by atoms with E-state index >= 15 is 0 Å². The molecule has 2 aromatic heterocycles. The number of hydrogen-bond acceptors (Lipinski definition) is 5. The van der Waals surface area contributed by atoms with Gasteiger partial charge in [-0.05, 0) is 35.9 Å². The molecule has 2 aromatic carbocycles. The molecule has 3 N–H and O–H groups in total. The van der Waals surface area contributed by atoms with Crippen molar-refractivity contribution < 1.29 is 14.3 Å². The van der Waals surface area contributed by atoms with Crippen molar-refractivity contribution in [2.45, 2.75) is 6.54 Å². The molecular formula is C24H18Cl2N4O4. The third-order valence-electron chi connectivity index (χ3n) is 5.03. The summed E-state index contributed by atoms with van der Waals surface area (Å²) in [5.41, 5.74) is 0.971. The van der Waals surface area contributed by atoms with Gasteiger partial charge in [-0.1, -0.05) is 41.4 Å². The van der Waals surface area contributed by atoms with Crippen LogP contribution in [0.4, 0.5) is 5.69 Å². The normalized spacial score (nSPS) is 10.7. The molecule has 0 spiro atoms. The van der Waals surface area contributed by atoms with Crippen molar-refractivity contribution >= 4 is 51.6 Å². The molecule has 172 valence electrons. The summed E-state index contributed by atoms with van der Waals surface area (Å²) in [4.78, 5) is 44.7. The molecule has 0 bridgehead atoms. The van der Waals surface area contributed by atoms with Gasteiger partial charge in [0.15, 0.2) is 0 Å². The van der Waals surface area contributed by atoms with Crippen LogP contribution in [0.1, 0.15) is 26.3 Å². The zero-order valence-electron chi connectivity index (χ0n) is 17.8. The van der Waals surface area contributed by atoms with Crippen LogP contribution < -0.4 is 20.9 Å². The Morgan fingerprint density at radius 1 is 1.03 bits per heavy atom. The third kappa shape index (κ3) is 5.03. The fourth-order valence-corrected chi connectivity index (χ4v) is 3.60. The highest BCUT2D eigenvalue weighted by Crippen LogP contribution is 2.24. The number of aromatic nitrogens is 2. The molecule has 0 saturated heterocycles. The van der Waals surface area contributed by atoms with E-state index in [1.54, 1.807) is 18.2 Å². The molecule has 8 nitrogen and oxygen atoms in total. The predicted molar refractivity (Wildman–Crippen MR) is 131 cm³/mol. The molecule has 2 heterocycles. The van der Waals surface area contributed by atoms with Gasteiger partial charge in [0.2, 0.25) is 5.88 Å². The van der Waals surface area contributed by atoms with Gasteiger partial charge in [-0.25, -0.2) is 4.98 Å². The number of nitrogens with one attached hydrogen (secondary N) is 3. The zero-order valence-corrected chi connectivity index (χ0v) is 19.3. The number of carbonyl (C=O) groups is 2. The van der Waals surface area contributed by atoms with Gasteiger partial charge >= 0.3 is 0 Å². The van der Waals surface area contributed by atoms with Gasteiger partial charge in [0.05, 0.1) is 23.3 Å². The minimum atomic E-state index is -0.686. The van der Waals surface area contributed by atoms with E-state index in [1.165, 1.54) is 37.6 Å². The first kappa shape index (κ1) is 23.3. The lowest BCUT2D eigenvalue weighted by Crippen LogP contribution is -2.24. The highest BCUT2D eigenvalue weighted by molar-refractivity contribution is 6.34. The third-order valence-corrected chi connectivity index (χ3v) is 5.73. The highest BCUT2D eigenvalue weighted by Gasteiger charge is 2.16. The van der Waals surface area contributed by atoms with E-state index in [4.69, 9.17) is 27.9 Å². The Hall–Kier alpha value is -3.88. The van der Waals surface area contributed by atoms with Crippen molar-refractivity contribution in [2.75, 3.05) is 12.4 Å². The number of hydrogen-bond donors (Lipinski definition) is 3. The largest absolute Gasteiger partial charge is 0.481 e. The highest BCUT2D eigenvalue weighted by atomic mass is 35.5. The van der Waals surface area contributed by atoms with Crippen molar-refractivity contribution in [3.8, 4) is 5.88 Å². The van der Waals surface area contributed by atoms with Gasteiger partial charge in [0.1, 0.15) is 5.56 Å². The number of nitrogens with zero attached hydrogens (tertiary/aromatic N) is 1. The number of carbonyl (C=O) groups excluding carboxylic acids is 2. The Morgan fingerprint density at radius 3 is 2.59 bits per heavy atom. The molecule has 0 saturated carbocycles. The van der Waals surface area contributed by atoms with Crippen molar-refractivity contribution in [3.05, 3.63) is 97.9 Å². The maximum atomic E-state index is 12.8. The van der Waals surface area contributed by atoms with E-state index in [9.17, 15) is 14.4 Å². The van der Waals surface area contributed by atoms with Crippen molar-refractivity contribution in [1.82, 2.24) is 15.3 Å². The lowest BCUT2D eigenvalue weighted by Gasteiger charge is -2.11. The van der Waals surface area contributed by atoms with Gasteiger partial charge in [0, 0.05) is 34.8 Å². The zero-order chi connectivity index (χ0) is 24.2.